The Morgan fingerprint density at radius 1 is 0.900 bits per heavy atom. The highest BCUT2D eigenvalue weighted by molar-refractivity contribution is 4.41. The fraction of sp³-hybridized carbons (Fsp3) is 1.00. The average Bonchev–Trinajstić information content (AvgIpc) is 1.81. The molecule has 3 nitrogen and oxygen atoms in total. The van der Waals surface area contributed by atoms with Crippen LogP contribution in [0.4, 0.5) is 0 Å². The van der Waals surface area contributed by atoms with Gasteiger partial charge in [-0.1, -0.05) is 32.6 Å². The Bertz CT molecular complexity index is 36.6. The van der Waals surface area contributed by atoms with E-state index in [9.17, 15) is 0 Å². The average molecular weight is 151 g/mol. The van der Waals surface area contributed by atoms with E-state index in [4.69, 9.17) is 5.73 Å². The summed E-state index contributed by atoms with van der Waals surface area (Å²) in [7, 11) is 0. The molecule has 10 heavy (non-hydrogen) atoms. The van der Waals surface area contributed by atoms with E-state index < -0.39 is 0 Å². The Morgan fingerprint density at radius 3 is 1.80 bits per heavy atom. The fourth-order valence-electron chi connectivity index (χ4n) is 0.748. The Labute approximate surface area is 63.2 Å². The van der Waals surface area contributed by atoms with Crippen LogP contribution in [0.2, 0.25) is 0 Å². The number of hydrogen-bond donors (Lipinski definition) is 1. The lowest BCUT2D eigenvalue weighted by molar-refractivity contribution is 0.638. The maximum absolute atomic E-state index is 5.31. The van der Waals surface area contributed by atoms with Gasteiger partial charge in [-0.05, 0) is 13.0 Å². The molecule has 66 valence electrons. The number of unbranched alkanes of at least 4 members (excludes halogenated alkanes) is 4. The van der Waals surface area contributed by atoms with Crippen molar-refractivity contribution in [3.05, 3.63) is 0 Å². The molecule has 0 spiro atoms. The maximum atomic E-state index is 5.31. The second-order valence-corrected chi connectivity index (χ2v) is 2.20. The standard InChI is InChI=1S/C7H17N.2H2O/c1-2-3-4-5-6-7-8;;/h2-8H2,1H3;2*1H2. The minimum absolute atomic E-state index is 0. The first-order chi connectivity index (χ1) is 3.91. The molecular formula is C7H21NO2. The second-order valence-electron chi connectivity index (χ2n) is 2.20. The highest BCUT2D eigenvalue weighted by Gasteiger charge is 1.83. The van der Waals surface area contributed by atoms with Crippen LogP contribution in [0.25, 0.3) is 0 Å². The van der Waals surface area contributed by atoms with Crippen LogP contribution in [-0.4, -0.2) is 17.5 Å². The van der Waals surface area contributed by atoms with Crippen LogP contribution in [-0.2, 0) is 0 Å². The summed E-state index contributed by atoms with van der Waals surface area (Å²) in [6.45, 7) is 3.09. The Hall–Kier alpha value is -0.120. The minimum atomic E-state index is 0. The molecule has 0 aromatic rings. The van der Waals surface area contributed by atoms with Gasteiger partial charge in [-0.15, -0.1) is 0 Å². The van der Waals surface area contributed by atoms with Gasteiger partial charge in [0.25, 0.3) is 0 Å². The van der Waals surface area contributed by atoms with Gasteiger partial charge in [0, 0.05) is 0 Å². The normalized spacial score (nSPS) is 7.80. The smallest absolute Gasteiger partial charge is 0.00773 e. The van der Waals surface area contributed by atoms with E-state index in [2.05, 4.69) is 6.92 Å². The van der Waals surface area contributed by atoms with E-state index in [1.165, 1.54) is 32.1 Å². The van der Waals surface area contributed by atoms with Crippen LogP contribution in [0, 0.1) is 0 Å². The van der Waals surface area contributed by atoms with Gasteiger partial charge in [0.1, 0.15) is 0 Å². The van der Waals surface area contributed by atoms with Crippen LogP contribution >= 0.6 is 0 Å². The van der Waals surface area contributed by atoms with Crippen molar-refractivity contribution in [2.45, 2.75) is 39.0 Å². The Morgan fingerprint density at radius 2 is 1.40 bits per heavy atom. The van der Waals surface area contributed by atoms with Crippen LogP contribution in [0.1, 0.15) is 39.0 Å². The molecule has 0 atom stereocenters. The highest BCUT2D eigenvalue weighted by Crippen LogP contribution is 2.00. The molecule has 0 aliphatic carbocycles. The van der Waals surface area contributed by atoms with E-state index in [0.717, 1.165) is 6.54 Å². The summed E-state index contributed by atoms with van der Waals surface area (Å²) < 4.78 is 0. The first kappa shape index (κ1) is 16.5. The third kappa shape index (κ3) is 15.7. The molecule has 0 aliphatic heterocycles. The van der Waals surface area contributed by atoms with E-state index in [1.54, 1.807) is 0 Å². The molecule has 0 aliphatic rings. The van der Waals surface area contributed by atoms with Crippen molar-refractivity contribution >= 4 is 0 Å². The van der Waals surface area contributed by atoms with Crippen molar-refractivity contribution in [2.75, 3.05) is 6.54 Å². The molecule has 0 saturated carbocycles. The van der Waals surface area contributed by atoms with Gasteiger partial charge in [-0.2, -0.15) is 0 Å². The van der Waals surface area contributed by atoms with Crippen LogP contribution < -0.4 is 5.73 Å². The zero-order valence-corrected chi connectivity index (χ0v) is 6.82. The number of nitrogens with two attached hydrogens (primary N) is 1. The minimum Gasteiger partial charge on any atom is -0.412 e. The zero-order chi connectivity index (χ0) is 6.24. The van der Waals surface area contributed by atoms with Crippen LogP contribution in [0.3, 0.4) is 0 Å². The van der Waals surface area contributed by atoms with Crippen molar-refractivity contribution in [2.24, 2.45) is 5.73 Å². The van der Waals surface area contributed by atoms with Crippen molar-refractivity contribution in [3.63, 3.8) is 0 Å². The first-order valence-electron chi connectivity index (χ1n) is 3.62. The number of hydrogen-bond acceptors (Lipinski definition) is 1. The van der Waals surface area contributed by atoms with E-state index in [-0.39, 0.29) is 11.0 Å². The fourth-order valence-corrected chi connectivity index (χ4v) is 0.748. The lowest BCUT2D eigenvalue weighted by Crippen LogP contribution is -1.97. The van der Waals surface area contributed by atoms with Gasteiger partial charge in [-0.25, -0.2) is 0 Å². The van der Waals surface area contributed by atoms with Crippen molar-refractivity contribution in [1.82, 2.24) is 0 Å². The summed E-state index contributed by atoms with van der Waals surface area (Å²) in [4.78, 5) is 0. The summed E-state index contributed by atoms with van der Waals surface area (Å²) in [5.41, 5.74) is 5.31. The van der Waals surface area contributed by atoms with E-state index in [0.29, 0.717) is 0 Å². The van der Waals surface area contributed by atoms with Crippen molar-refractivity contribution < 1.29 is 11.0 Å². The molecule has 0 bridgehead atoms. The molecule has 0 saturated heterocycles. The quantitative estimate of drug-likeness (QED) is 0.561. The molecule has 0 radical (unpaired) electrons. The predicted molar refractivity (Wildman–Crippen MR) is 45.0 cm³/mol. The molecule has 6 N–H and O–H groups in total. The summed E-state index contributed by atoms with van der Waals surface area (Å²) in [5, 5.41) is 0. The monoisotopic (exact) mass is 151 g/mol. The Kier molecular flexibility index (Phi) is 26.2. The SMILES string of the molecule is CCCCCCCN.O.O. The summed E-state index contributed by atoms with van der Waals surface area (Å²) in [5.74, 6) is 0. The summed E-state index contributed by atoms with van der Waals surface area (Å²) in [6.07, 6.45) is 6.60. The molecule has 0 amide bonds. The molecule has 0 unspecified atom stereocenters. The van der Waals surface area contributed by atoms with E-state index in [1.807, 2.05) is 0 Å². The zero-order valence-electron chi connectivity index (χ0n) is 6.82. The van der Waals surface area contributed by atoms with Crippen LogP contribution in [0.15, 0.2) is 0 Å². The van der Waals surface area contributed by atoms with Gasteiger partial charge in [0.2, 0.25) is 0 Å². The van der Waals surface area contributed by atoms with Gasteiger partial charge in [0.15, 0.2) is 0 Å². The van der Waals surface area contributed by atoms with Crippen molar-refractivity contribution in [1.29, 1.82) is 0 Å². The largest absolute Gasteiger partial charge is 0.412 e. The molecule has 0 aromatic carbocycles. The third-order valence-corrected chi connectivity index (χ3v) is 1.31. The number of rotatable bonds is 5. The molecule has 0 aromatic heterocycles. The highest BCUT2D eigenvalue weighted by atomic mass is 16.0. The van der Waals surface area contributed by atoms with Crippen molar-refractivity contribution in [3.8, 4) is 0 Å². The molecule has 0 heterocycles. The lowest BCUT2D eigenvalue weighted by atomic mass is 10.2. The third-order valence-electron chi connectivity index (χ3n) is 1.31. The Balaban J connectivity index is -0.000000245. The molecule has 3 heteroatoms. The lowest BCUT2D eigenvalue weighted by Gasteiger charge is -1.93. The van der Waals surface area contributed by atoms with Gasteiger partial charge in [0.05, 0.1) is 0 Å². The topological polar surface area (TPSA) is 89.0 Å². The summed E-state index contributed by atoms with van der Waals surface area (Å²) in [6, 6.07) is 0. The molecular weight excluding hydrogens is 130 g/mol. The second kappa shape index (κ2) is 15.9. The predicted octanol–water partition coefficient (Wildman–Crippen LogP) is 0.266. The van der Waals surface area contributed by atoms with E-state index >= 15 is 0 Å². The summed E-state index contributed by atoms with van der Waals surface area (Å²) >= 11 is 0. The van der Waals surface area contributed by atoms with Gasteiger partial charge < -0.3 is 16.7 Å². The van der Waals surface area contributed by atoms with Gasteiger partial charge in [-0.3, -0.25) is 0 Å². The molecule has 0 rings (SSSR count). The van der Waals surface area contributed by atoms with Crippen LogP contribution in [0.5, 0.6) is 0 Å². The first-order valence-corrected chi connectivity index (χ1v) is 3.62. The van der Waals surface area contributed by atoms with Gasteiger partial charge >= 0.3 is 0 Å². The maximum Gasteiger partial charge on any atom is -0.00773 e. The molecule has 0 fully saturated rings.